The first kappa shape index (κ1) is 19.7. The highest BCUT2D eigenvalue weighted by Crippen LogP contribution is 2.35. The van der Waals surface area contributed by atoms with E-state index in [1.807, 2.05) is 47.7 Å². The summed E-state index contributed by atoms with van der Waals surface area (Å²) in [6.45, 7) is 14.8. The molecule has 1 atom stereocenters. The van der Waals surface area contributed by atoms with Gasteiger partial charge in [-0.05, 0) is 53.2 Å². The Kier molecular flexibility index (Phi) is 5.01. The van der Waals surface area contributed by atoms with Crippen molar-refractivity contribution < 1.29 is 14.6 Å². The van der Waals surface area contributed by atoms with Crippen LogP contribution in [0.3, 0.4) is 0 Å². The van der Waals surface area contributed by atoms with Crippen LogP contribution in [-0.2, 0) is 4.74 Å². The van der Waals surface area contributed by atoms with Crippen molar-refractivity contribution in [3.63, 3.8) is 0 Å². The lowest BCUT2D eigenvalue weighted by Crippen LogP contribution is -2.61. The minimum atomic E-state index is -0.635. The second kappa shape index (κ2) is 6.86. The van der Waals surface area contributed by atoms with E-state index in [4.69, 9.17) is 4.74 Å². The first-order chi connectivity index (χ1) is 12.5. The molecule has 0 saturated carbocycles. The van der Waals surface area contributed by atoms with E-state index < -0.39 is 11.2 Å². The van der Waals surface area contributed by atoms with Crippen molar-refractivity contribution in [2.24, 2.45) is 0 Å². The molecule has 27 heavy (non-hydrogen) atoms. The summed E-state index contributed by atoms with van der Waals surface area (Å²) in [4.78, 5) is 23.3. The number of nitrogens with zero attached hydrogens (tertiary/aromatic N) is 4. The first-order valence-electron chi connectivity index (χ1n) is 9.64. The van der Waals surface area contributed by atoms with E-state index in [0.717, 1.165) is 17.1 Å². The minimum Gasteiger partial charge on any atom is -0.444 e. The summed E-state index contributed by atoms with van der Waals surface area (Å²) >= 11 is 0. The average Bonchev–Trinajstić information content (AvgIpc) is 2.50. The van der Waals surface area contributed by atoms with Crippen molar-refractivity contribution in [2.45, 2.75) is 58.8 Å². The van der Waals surface area contributed by atoms with Crippen LogP contribution in [0.5, 0.6) is 0 Å². The highest BCUT2D eigenvalue weighted by molar-refractivity contribution is 5.72. The van der Waals surface area contributed by atoms with E-state index in [-0.39, 0.29) is 12.1 Å². The summed E-state index contributed by atoms with van der Waals surface area (Å²) in [5.41, 5.74) is 1.03. The molecule has 0 bridgehead atoms. The minimum absolute atomic E-state index is 0.0315. The Morgan fingerprint density at radius 3 is 2.52 bits per heavy atom. The summed E-state index contributed by atoms with van der Waals surface area (Å²) < 4.78 is 5.53. The van der Waals surface area contributed by atoms with Crippen LogP contribution in [0.4, 0.5) is 16.3 Å². The number of aliphatic hydroxyl groups is 1. The van der Waals surface area contributed by atoms with E-state index in [9.17, 15) is 9.90 Å². The summed E-state index contributed by atoms with van der Waals surface area (Å²) in [6, 6.07) is 2.16. The van der Waals surface area contributed by atoms with E-state index in [2.05, 4.69) is 20.9 Å². The van der Waals surface area contributed by atoms with Gasteiger partial charge in [0.15, 0.2) is 5.82 Å². The molecule has 0 spiro atoms. The molecule has 1 aromatic rings. The standard InChI is InChI=1S/C20H32N4O3/c1-14-9-16(23-12-20(6,26)13-23)17(21-10-14)22-7-8-24(15(2)11-22)18(25)27-19(3,4)5/h9-10,15,26H,7-8,11-13H2,1-6H3/t15-/m0/s1. The maximum atomic E-state index is 12.4. The fourth-order valence-electron chi connectivity index (χ4n) is 3.71. The molecular formula is C20H32N4O3. The number of ether oxygens (including phenoxy) is 1. The molecule has 2 aliphatic heterocycles. The van der Waals surface area contributed by atoms with Gasteiger partial charge in [0.1, 0.15) is 5.60 Å². The summed E-state index contributed by atoms with van der Waals surface area (Å²) in [6.07, 6.45) is 1.62. The molecule has 150 valence electrons. The highest BCUT2D eigenvalue weighted by atomic mass is 16.6. The number of hydrogen-bond acceptors (Lipinski definition) is 6. The Bertz CT molecular complexity index is 706. The number of β-amino-alcohol motifs (C(OH)–C–C–N with tert-alkyl or cyclic N) is 1. The average molecular weight is 377 g/mol. The SMILES string of the molecule is Cc1cnc(N2CCN(C(=O)OC(C)(C)C)[C@@H](C)C2)c(N2CC(C)(O)C2)c1. The molecule has 1 aromatic heterocycles. The molecule has 1 N–H and O–H groups in total. The molecule has 1 amide bonds. The predicted octanol–water partition coefficient (Wildman–Crippen LogP) is 2.41. The molecule has 2 fully saturated rings. The Balaban J connectivity index is 1.73. The zero-order chi connectivity index (χ0) is 20.0. The van der Waals surface area contributed by atoms with Crippen molar-refractivity contribution >= 4 is 17.6 Å². The maximum absolute atomic E-state index is 12.4. The highest BCUT2D eigenvalue weighted by Gasteiger charge is 2.39. The fourth-order valence-corrected chi connectivity index (χ4v) is 3.71. The van der Waals surface area contributed by atoms with Gasteiger partial charge in [0.25, 0.3) is 0 Å². The van der Waals surface area contributed by atoms with E-state index in [1.54, 1.807) is 4.90 Å². The largest absolute Gasteiger partial charge is 0.444 e. The zero-order valence-corrected chi connectivity index (χ0v) is 17.3. The topological polar surface area (TPSA) is 69.1 Å². The second-order valence-corrected chi connectivity index (χ2v) is 9.18. The van der Waals surface area contributed by atoms with Gasteiger partial charge >= 0.3 is 6.09 Å². The number of aryl methyl sites for hydroxylation is 1. The molecule has 0 aromatic carbocycles. The van der Waals surface area contributed by atoms with Gasteiger partial charge in [-0.1, -0.05) is 0 Å². The van der Waals surface area contributed by atoms with Crippen LogP contribution >= 0.6 is 0 Å². The number of rotatable bonds is 2. The number of amides is 1. The molecule has 7 heteroatoms. The number of pyridine rings is 1. The lowest BCUT2D eigenvalue weighted by atomic mass is 9.96. The molecule has 0 unspecified atom stereocenters. The number of hydrogen-bond donors (Lipinski definition) is 1. The molecule has 0 radical (unpaired) electrons. The van der Waals surface area contributed by atoms with Gasteiger partial charge in [-0.15, -0.1) is 0 Å². The Hall–Kier alpha value is -2.02. The quantitative estimate of drug-likeness (QED) is 0.855. The molecule has 0 aliphatic carbocycles. The zero-order valence-electron chi connectivity index (χ0n) is 17.3. The van der Waals surface area contributed by atoms with Crippen LogP contribution in [0, 0.1) is 6.92 Å². The van der Waals surface area contributed by atoms with Gasteiger partial charge in [0.2, 0.25) is 0 Å². The van der Waals surface area contributed by atoms with Gasteiger partial charge in [-0.2, -0.15) is 0 Å². The molecule has 3 heterocycles. The third-order valence-electron chi connectivity index (χ3n) is 4.94. The first-order valence-corrected chi connectivity index (χ1v) is 9.64. The normalized spacial score (nSPS) is 22.5. The molecular weight excluding hydrogens is 344 g/mol. The van der Waals surface area contributed by atoms with Crippen molar-refractivity contribution in [2.75, 3.05) is 42.5 Å². The smallest absolute Gasteiger partial charge is 0.410 e. The number of piperazine rings is 1. The molecule has 2 saturated heterocycles. The third-order valence-corrected chi connectivity index (χ3v) is 4.94. The Labute approximate surface area is 161 Å². The Morgan fingerprint density at radius 2 is 1.96 bits per heavy atom. The van der Waals surface area contributed by atoms with Crippen molar-refractivity contribution in [1.29, 1.82) is 0 Å². The molecule has 2 aliphatic rings. The third kappa shape index (κ3) is 4.46. The predicted molar refractivity (Wildman–Crippen MR) is 106 cm³/mol. The van der Waals surface area contributed by atoms with E-state index in [0.29, 0.717) is 32.7 Å². The van der Waals surface area contributed by atoms with Crippen molar-refractivity contribution in [3.05, 3.63) is 17.8 Å². The van der Waals surface area contributed by atoms with Crippen LogP contribution in [0.25, 0.3) is 0 Å². The van der Waals surface area contributed by atoms with E-state index in [1.165, 1.54) is 0 Å². The van der Waals surface area contributed by atoms with Crippen molar-refractivity contribution in [3.8, 4) is 0 Å². The van der Waals surface area contributed by atoms with Crippen LogP contribution < -0.4 is 9.80 Å². The van der Waals surface area contributed by atoms with Crippen LogP contribution in [0.2, 0.25) is 0 Å². The van der Waals surface area contributed by atoms with Gasteiger partial charge in [-0.25, -0.2) is 9.78 Å². The van der Waals surface area contributed by atoms with Crippen molar-refractivity contribution in [1.82, 2.24) is 9.88 Å². The number of carbonyl (C=O) groups excluding carboxylic acids is 1. The molecule has 3 rings (SSSR count). The van der Waals surface area contributed by atoms with Gasteiger partial charge < -0.3 is 24.5 Å². The Morgan fingerprint density at radius 1 is 1.30 bits per heavy atom. The van der Waals surface area contributed by atoms with E-state index >= 15 is 0 Å². The summed E-state index contributed by atoms with van der Waals surface area (Å²) in [5.74, 6) is 0.923. The number of anilines is 2. The lowest BCUT2D eigenvalue weighted by Gasteiger charge is -2.48. The summed E-state index contributed by atoms with van der Waals surface area (Å²) in [5, 5.41) is 10.1. The second-order valence-electron chi connectivity index (χ2n) is 9.18. The number of aromatic nitrogens is 1. The lowest BCUT2D eigenvalue weighted by molar-refractivity contribution is 0.0157. The van der Waals surface area contributed by atoms with Gasteiger partial charge in [0, 0.05) is 45.0 Å². The van der Waals surface area contributed by atoms with Crippen LogP contribution in [0.15, 0.2) is 12.3 Å². The maximum Gasteiger partial charge on any atom is 0.410 e. The van der Waals surface area contributed by atoms with Gasteiger partial charge in [0.05, 0.1) is 11.3 Å². The van der Waals surface area contributed by atoms with Gasteiger partial charge in [-0.3, -0.25) is 0 Å². The summed E-state index contributed by atoms with van der Waals surface area (Å²) in [7, 11) is 0. The monoisotopic (exact) mass is 376 g/mol. The molecule has 7 nitrogen and oxygen atoms in total. The number of carbonyl (C=O) groups is 1. The fraction of sp³-hybridized carbons (Fsp3) is 0.700. The van der Waals surface area contributed by atoms with Crippen LogP contribution in [0.1, 0.15) is 40.2 Å². The van der Waals surface area contributed by atoms with Crippen LogP contribution in [-0.4, -0.2) is 71.1 Å².